The molecule has 31 heavy (non-hydrogen) atoms. The van der Waals surface area contributed by atoms with Crippen molar-refractivity contribution in [2.75, 3.05) is 14.2 Å². The van der Waals surface area contributed by atoms with Gasteiger partial charge in [-0.25, -0.2) is 4.79 Å². The van der Waals surface area contributed by atoms with Gasteiger partial charge in [0.05, 0.1) is 26.7 Å². The van der Waals surface area contributed by atoms with Gasteiger partial charge in [0, 0.05) is 0 Å². The molecule has 0 bridgehead atoms. The maximum Gasteiger partial charge on any atom is 0.341 e. The number of rotatable bonds is 9. The number of para-hydroxylation sites is 1. The van der Waals surface area contributed by atoms with Crippen LogP contribution in [0.15, 0.2) is 90.3 Å². The van der Waals surface area contributed by atoms with Crippen LogP contribution in [0.25, 0.3) is 5.57 Å². The fourth-order valence-electron chi connectivity index (χ4n) is 2.83. The molecule has 6 heteroatoms. The lowest BCUT2D eigenvalue weighted by Gasteiger charge is -2.13. The number of benzene rings is 3. The minimum absolute atomic E-state index is 0.259. The van der Waals surface area contributed by atoms with E-state index >= 15 is 0 Å². The van der Waals surface area contributed by atoms with Crippen molar-refractivity contribution in [1.29, 1.82) is 0 Å². The van der Waals surface area contributed by atoms with Crippen LogP contribution in [0.3, 0.4) is 0 Å². The Morgan fingerprint density at radius 3 is 2.42 bits per heavy atom. The first-order chi connectivity index (χ1) is 15.2. The molecule has 0 radical (unpaired) electrons. The summed E-state index contributed by atoms with van der Waals surface area (Å²) in [5, 5.41) is 4.00. The third kappa shape index (κ3) is 6.21. The van der Waals surface area contributed by atoms with Crippen molar-refractivity contribution in [3.8, 4) is 11.5 Å². The number of methoxy groups -OCH3 is 2. The highest BCUT2D eigenvalue weighted by molar-refractivity contribution is 6.16. The molecule has 0 heterocycles. The smallest absolute Gasteiger partial charge is 0.341 e. The molecular weight excluding hydrogens is 394 g/mol. The predicted molar refractivity (Wildman–Crippen MR) is 119 cm³/mol. The molecule has 0 saturated heterocycles. The molecule has 0 aromatic heterocycles. The summed E-state index contributed by atoms with van der Waals surface area (Å²) in [4.78, 5) is 17.5. The second-order valence-electron chi connectivity index (χ2n) is 6.42. The fourth-order valence-corrected chi connectivity index (χ4v) is 2.83. The Kier molecular flexibility index (Phi) is 7.83. The van der Waals surface area contributed by atoms with Gasteiger partial charge < -0.3 is 19.0 Å². The van der Waals surface area contributed by atoms with Gasteiger partial charge in [-0.2, -0.15) is 0 Å². The largest absolute Gasteiger partial charge is 0.503 e. The monoisotopic (exact) mass is 417 g/mol. The molecule has 0 atom stereocenters. The molecule has 3 aromatic rings. The number of hydrogen-bond acceptors (Lipinski definition) is 6. The minimum atomic E-state index is -0.481. The number of ether oxygens (including phenoxy) is 3. The Bertz CT molecular complexity index is 1060. The summed E-state index contributed by atoms with van der Waals surface area (Å²) in [6.45, 7) is 0.259. The van der Waals surface area contributed by atoms with Crippen molar-refractivity contribution in [2.24, 2.45) is 5.16 Å². The zero-order valence-corrected chi connectivity index (χ0v) is 17.4. The van der Waals surface area contributed by atoms with Crippen LogP contribution in [-0.4, -0.2) is 26.4 Å². The predicted octanol–water partition coefficient (Wildman–Crippen LogP) is 4.84. The van der Waals surface area contributed by atoms with Gasteiger partial charge in [-0.15, -0.1) is 0 Å². The molecule has 0 aliphatic heterocycles. The molecule has 0 amide bonds. The van der Waals surface area contributed by atoms with Crippen molar-refractivity contribution in [2.45, 2.75) is 6.61 Å². The van der Waals surface area contributed by atoms with E-state index in [0.29, 0.717) is 22.6 Å². The van der Waals surface area contributed by atoms with Crippen LogP contribution < -0.4 is 9.57 Å². The zero-order chi connectivity index (χ0) is 21.9. The Labute approximate surface area is 181 Å². The average Bonchev–Trinajstić information content (AvgIpc) is 2.82. The van der Waals surface area contributed by atoms with Crippen molar-refractivity contribution in [3.05, 3.63) is 102 Å². The van der Waals surface area contributed by atoms with Crippen LogP contribution in [0.2, 0.25) is 0 Å². The molecule has 0 aliphatic rings. The van der Waals surface area contributed by atoms with Crippen LogP contribution >= 0.6 is 0 Å². The molecule has 158 valence electrons. The van der Waals surface area contributed by atoms with Crippen LogP contribution in [0.5, 0.6) is 11.5 Å². The summed E-state index contributed by atoms with van der Waals surface area (Å²) in [7, 11) is 2.82. The molecule has 0 N–H and O–H groups in total. The maximum atomic E-state index is 12.1. The van der Waals surface area contributed by atoms with Crippen molar-refractivity contribution in [3.63, 3.8) is 0 Å². The molecule has 0 spiro atoms. The summed E-state index contributed by atoms with van der Waals surface area (Å²) in [6, 6.07) is 24.2. The fraction of sp³-hybridized carbons (Fsp3) is 0.120. The zero-order valence-electron chi connectivity index (χ0n) is 17.4. The first-order valence-corrected chi connectivity index (χ1v) is 9.59. The van der Waals surface area contributed by atoms with E-state index in [4.69, 9.17) is 19.0 Å². The number of carbonyl (C=O) groups is 1. The van der Waals surface area contributed by atoms with Crippen molar-refractivity contribution in [1.82, 2.24) is 0 Å². The van der Waals surface area contributed by atoms with E-state index in [-0.39, 0.29) is 6.61 Å². The maximum absolute atomic E-state index is 12.1. The number of carbonyl (C=O) groups excluding carboxylic acids is 1. The van der Waals surface area contributed by atoms with E-state index in [0.717, 1.165) is 11.1 Å². The van der Waals surface area contributed by atoms with E-state index in [2.05, 4.69) is 5.16 Å². The quantitative estimate of drug-likeness (QED) is 0.164. The van der Waals surface area contributed by atoms with E-state index in [1.54, 1.807) is 6.21 Å². The van der Waals surface area contributed by atoms with Crippen LogP contribution in [-0.2, 0) is 20.9 Å². The normalized spacial score (nSPS) is 11.2. The van der Waals surface area contributed by atoms with Gasteiger partial charge in [0.15, 0.2) is 5.75 Å². The van der Waals surface area contributed by atoms with Gasteiger partial charge in [-0.1, -0.05) is 59.8 Å². The topological polar surface area (TPSA) is 66.4 Å². The van der Waals surface area contributed by atoms with Crippen molar-refractivity contribution < 1.29 is 23.8 Å². The molecule has 3 aromatic carbocycles. The van der Waals surface area contributed by atoms with E-state index < -0.39 is 5.97 Å². The average molecular weight is 417 g/mol. The number of nitrogens with zero attached hydrogens (tertiary/aromatic N) is 1. The summed E-state index contributed by atoms with van der Waals surface area (Å²) in [6.07, 6.45) is 2.99. The molecule has 0 saturated carbocycles. The molecule has 0 aliphatic carbocycles. The Hall–Kier alpha value is -4.06. The van der Waals surface area contributed by atoms with Gasteiger partial charge in [-0.05, 0) is 41.0 Å². The highest BCUT2D eigenvalue weighted by Crippen LogP contribution is 2.23. The number of oxime groups is 1. The SMILES string of the molecule is CO/C=C(\C(=O)OC)c1ccccc1COc1cccc(/C=N/Oc2ccccc2)c1. The second kappa shape index (κ2) is 11.2. The van der Waals surface area contributed by atoms with Gasteiger partial charge in [-0.3, -0.25) is 0 Å². The third-order valence-corrected chi connectivity index (χ3v) is 4.30. The standard InChI is InChI=1S/C25H23NO5/c1-28-18-24(25(27)29-2)23-14-7-6-10-20(23)17-30-22-13-8-9-19(15-22)16-26-31-21-11-4-3-5-12-21/h3-16,18H,17H2,1-2H3/b24-18-,26-16+. The lowest BCUT2D eigenvalue weighted by molar-refractivity contribution is -0.133. The Balaban J connectivity index is 1.70. The first kappa shape index (κ1) is 21.6. The van der Waals surface area contributed by atoms with Crippen LogP contribution in [0.4, 0.5) is 0 Å². The number of hydrogen-bond donors (Lipinski definition) is 0. The Morgan fingerprint density at radius 1 is 0.903 bits per heavy atom. The van der Waals surface area contributed by atoms with Crippen molar-refractivity contribution >= 4 is 17.8 Å². The van der Waals surface area contributed by atoms with Crippen LogP contribution in [0.1, 0.15) is 16.7 Å². The van der Waals surface area contributed by atoms with Gasteiger partial charge in [0.2, 0.25) is 0 Å². The lowest BCUT2D eigenvalue weighted by atomic mass is 10.0. The highest BCUT2D eigenvalue weighted by atomic mass is 16.6. The summed E-state index contributed by atoms with van der Waals surface area (Å²) < 4.78 is 15.9. The van der Waals surface area contributed by atoms with E-state index in [9.17, 15) is 4.79 Å². The van der Waals surface area contributed by atoms with E-state index in [1.807, 2.05) is 78.9 Å². The Morgan fingerprint density at radius 2 is 1.65 bits per heavy atom. The molecule has 6 nitrogen and oxygen atoms in total. The van der Waals surface area contributed by atoms with Gasteiger partial charge in [0.25, 0.3) is 0 Å². The molecule has 0 unspecified atom stereocenters. The van der Waals surface area contributed by atoms with Gasteiger partial charge in [0.1, 0.15) is 17.9 Å². The summed E-state index contributed by atoms with van der Waals surface area (Å²) in [5.41, 5.74) is 2.66. The molecule has 0 fully saturated rings. The number of esters is 1. The van der Waals surface area contributed by atoms with E-state index in [1.165, 1.54) is 20.5 Å². The molecule has 3 rings (SSSR count). The highest BCUT2D eigenvalue weighted by Gasteiger charge is 2.16. The summed E-state index contributed by atoms with van der Waals surface area (Å²) in [5.74, 6) is 0.841. The van der Waals surface area contributed by atoms with Crippen LogP contribution in [0, 0.1) is 0 Å². The second-order valence-corrected chi connectivity index (χ2v) is 6.42. The molecular formula is C25H23NO5. The first-order valence-electron chi connectivity index (χ1n) is 9.59. The third-order valence-electron chi connectivity index (χ3n) is 4.30. The lowest BCUT2D eigenvalue weighted by Crippen LogP contribution is -2.08. The summed E-state index contributed by atoms with van der Waals surface area (Å²) >= 11 is 0. The minimum Gasteiger partial charge on any atom is -0.503 e. The van der Waals surface area contributed by atoms with Gasteiger partial charge >= 0.3 is 5.97 Å².